The minimum atomic E-state index is 0.536. The highest BCUT2D eigenvalue weighted by atomic mass is 32.1. The fourth-order valence-corrected chi connectivity index (χ4v) is 1.97. The summed E-state index contributed by atoms with van der Waals surface area (Å²) in [6.45, 7) is 0.643. The molecule has 0 saturated carbocycles. The van der Waals surface area contributed by atoms with E-state index in [-0.39, 0.29) is 0 Å². The molecular formula is C15H18N3O2S+. The number of thiocarbonyl (C=S) groups is 1. The van der Waals surface area contributed by atoms with Crippen molar-refractivity contribution in [3.05, 3.63) is 48.3 Å². The Kier molecular flexibility index (Phi) is 5.34. The lowest BCUT2D eigenvalue weighted by molar-refractivity contribution is -0.378. The molecule has 0 unspecified atom stereocenters. The van der Waals surface area contributed by atoms with Gasteiger partial charge in [-0.3, -0.25) is 0 Å². The van der Waals surface area contributed by atoms with Gasteiger partial charge in [0.05, 0.1) is 14.2 Å². The van der Waals surface area contributed by atoms with Gasteiger partial charge in [-0.2, -0.15) is 0 Å². The molecule has 1 aromatic heterocycles. The molecular weight excluding hydrogens is 286 g/mol. The van der Waals surface area contributed by atoms with Crippen LogP contribution in [0.25, 0.3) is 0 Å². The van der Waals surface area contributed by atoms with Crippen molar-refractivity contribution in [3.63, 3.8) is 0 Å². The minimum Gasteiger partial charge on any atom is -0.497 e. The van der Waals surface area contributed by atoms with Crippen molar-refractivity contribution < 1.29 is 14.5 Å². The molecule has 0 spiro atoms. The molecule has 3 N–H and O–H groups in total. The smallest absolute Gasteiger partial charge is 0.171 e. The maximum atomic E-state index is 5.28. The van der Waals surface area contributed by atoms with Gasteiger partial charge in [-0.25, -0.2) is 4.98 Å². The Balaban J connectivity index is 1.96. The van der Waals surface area contributed by atoms with Crippen LogP contribution >= 0.6 is 12.2 Å². The largest absolute Gasteiger partial charge is 0.497 e. The van der Waals surface area contributed by atoms with E-state index in [0.717, 1.165) is 11.3 Å². The molecule has 21 heavy (non-hydrogen) atoms. The summed E-state index contributed by atoms with van der Waals surface area (Å²) >= 11 is 5.28. The van der Waals surface area contributed by atoms with Gasteiger partial charge in [0.1, 0.15) is 11.5 Å². The summed E-state index contributed by atoms with van der Waals surface area (Å²) in [4.78, 5) is 3.03. The fraction of sp³-hybridized carbons (Fsp3) is 0.200. The molecule has 0 aliphatic rings. The second kappa shape index (κ2) is 7.44. The molecule has 0 atom stereocenters. The van der Waals surface area contributed by atoms with E-state index in [0.29, 0.717) is 23.2 Å². The zero-order chi connectivity index (χ0) is 15.1. The number of aromatic amines is 1. The first-order valence-corrected chi connectivity index (χ1v) is 6.85. The summed E-state index contributed by atoms with van der Waals surface area (Å²) in [6, 6.07) is 9.47. The number of benzene rings is 1. The zero-order valence-corrected chi connectivity index (χ0v) is 12.8. The average Bonchev–Trinajstić information content (AvgIpc) is 2.53. The van der Waals surface area contributed by atoms with Crippen LogP contribution in [0.3, 0.4) is 0 Å². The summed E-state index contributed by atoms with van der Waals surface area (Å²) in [7, 11) is 3.22. The van der Waals surface area contributed by atoms with Crippen LogP contribution in [0, 0.1) is 0 Å². The lowest BCUT2D eigenvalue weighted by atomic mass is 10.2. The van der Waals surface area contributed by atoms with Crippen LogP contribution in [0.15, 0.2) is 42.7 Å². The lowest BCUT2D eigenvalue weighted by Crippen LogP contribution is -2.28. The Hall–Kier alpha value is -2.34. The number of ether oxygens (including phenoxy) is 2. The second-order valence-electron chi connectivity index (χ2n) is 4.32. The number of anilines is 1. The van der Waals surface area contributed by atoms with Crippen LogP contribution < -0.4 is 25.1 Å². The molecule has 0 aliphatic heterocycles. The summed E-state index contributed by atoms with van der Waals surface area (Å²) < 4.78 is 10.4. The quantitative estimate of drug-likeness (QED) is 0.828. The monoisotopic (exact) mass is 304 g/mol. The highest BCUT2D eigenvalue weighted by molar-refractivity contribution is 7.80. The van der Waals surface area contributed by atoms with Crippen molar-refractivity contribution in [1.29, 1.82) is 0 Å². The van der Waals surface area contributed by atoms with E-state index < -0.39 is 0 Å². The zero-order valence-electron chi connectivity index (χ0n) is 12.0. The topological polar surface area (TPSA) is 56.7 Å². The van der Waals surface area contributed by atoms with Gasteiger partial charge in [0.25, 0.3) is 0 Å². The van der Waals surface area contributed by atoms with Crippen LogP contribution in [0.4, 0.5) is 5.69 Å². The Labute approximate surface area is 129 Å². The number of methoxy groups -OCH3 is 2. The first kappa shape index (κ1) is 15.1. The van der Waals surface area contributed by atoms with Crippen molar-refractivity contribution in [3.8, 4) is 11.5 Å². The van der Waals surface area contributed by atoms with Gasteiger partial charge < -0.3 is 20.1 Å². The number of hydrogen-bond acceptors (Lipinski definition) is 3. The normalized spacial score (nSPS) is 9.81. The third kappa shape index (κ3) is 4.61. The van der Waals surface area contributed by atoms with Crippen LogP contribution in [0.2, 0.25) is 0 Å². The molecule has 0 bridgehead atoms. The van der Waals surface area contributed by atoms with Crippen molar-refractivity contribution in [2.24, 2.45) is 0 Å². The van der Waals surface area contributed by atoms with E-state index in [1.165, 1.54) is 0 Å². The number of H-pyrrole nitrogens is 1. The van der Waals surface area contributed by atoms with E-state index in [9.17, 15) is 0 Å². The van der Waals surface area contributed by atoms with Gasteiger partial charge >= 0.3 is 0 Å². The summed E-state index contributed by atoms with van der Waals surface area (Å²) in [6.07, 6.45) is 3.78. The molecule has 0 aliphatic carbocycles. The molecule has 1 heterocycles. The Morgan fingerprint density at radius 1 is 1.19 bits per heavy atom. The predicted molar refractivity (Wildman–Crippen MR) is 85.6 cm³/mol. The lowest BCUT2D eigenvalue weighted by Gasteiger charge is -2.12. The number of hydrogen-bond donors (Lipinski definition) is 2. The number of pyridine rings is 1. The van der Waals surface area contributed by atoms with Crippen LogP contribution in [0.1, 0.15) is 5.56 Å². The molecule has 110 valence electrons. The van der Waals surface area contributed by atoms with Crippen LogP contribution in [-0.2, 0) is 6.54 Å². The summed E-state index contributed by atoms with van der Waals surface area (Å²) in [5.74, 6) is 1.41. The number of aromatic nitrogens is 1. The van der Waals surface area contributed by atoms with Crippen molar-refractivity contribution in [1.82, 2.24) is 5.32 Å². The van der Waals surface area contributed by atoms with E-state index in [2.05, 4.69) is 15.6 Å². The van der Waals surface area contributed by atoms with E-state index in [1.54, 1.807) is 14.2 Å². The first-order valence-electron chi connectivity index (χ1n) is 6.44. The Bertz CT molecular complexity index is 583. The van der Waals surface area contributed by atoms with Gasteiger partial charge in [0.2, 0.25) is 0 Å². The molecule has 0 radical (unpaired) electrons. The van der Waals surface area contributed by atoms with E-state index >= 15 is 0 Å². The average molecular weight is 304 g/mol. The third-order valence-corrected chi connectivity index (χ3v) is 3.08. The number of rotatable bonds is 5. The van der Waals surface area contributed by atoms with Gasteiger partial charge in [0.15, 0.2) is 17.5 Å². The third-order valence-electron chi connectivity index (χ3n) is 2.83. The standard InChI is InChI=1S/C15H17N3O2S/c1-19-13-6-12(7-14(8-13)20-2)18-15(21)17-10-11-4-3-5-16-9-11/h3-9H,10H2,1-2H3,(H2,17,18,21)/p+1. The predicted octanol–water partition coefficient (Wildman–Crippen LogP) is 2.00. The second-order valence-corrected chi connectivity index (χ2v) is 4.73. The molecule has 2 rings (SSSR count). The highest BCUT2D eigenvalue weighted by Gasteiger charge is 2.04. The number of nitrogens with one attached hydrogen (secondary N) is 3. The maximum Gasteiger partial charge on any atom is 0.171 e. The van der Waals surface area contributed by atoms with Crippen molar-refractivity contribution >= 4 is 23.0 Å². The van der Waals surface area contributed by atoms with Gasteiger partial charge in [0, 0.05) is 42.1 Å². The molecule has 6 heteroatoms. The van der Waals surface area contributed by atoms with E-state index in [1.807, 2.05) is 42.7 Å². The molecule has 0 amide bonds. The Morgan fingerprint density at radius 3 is 2.48 bits per heavy atom. The van der Waals surface area contributed by atoms with Gasteiger partial charge in [-0.05, 0) is 18.3 Å². The molecule has 1 aromatic carbocycles. The van der Waals surface area contributed by atoms with Gasteiger partial charge in [-0.1, -0.05) is 0 Å². The fourth-order valence-electron chi connectivity index (χ4n) is 1.78. The van der Waals surface area contributed by atoms with Gasteiger partial charge in [-0.15, -0.1) is 0 Å². The minimum absolute atomic E-state index is 0.536. The molecule has 2 aromatic rings. The maximum absolute atomic E-state index is 5.28. The first-order chi connectivity index (χ1) is 10.2. The van der Waals surface area contributed by atoms with Crippen molar-refractivity contribution in [2.45, 2.75) is 6.54 Å². The molecule has 0 fully saturated rings. The van der Waals surface area contributed by atoms with Crippen LogP contribution in [0.5, 0.6) is 11.5 Å². The van der Waals surface area contributed by atoms with E-state index in [4.69, 9.17) is 21.7 Å². The summed E-state index contributed by atoms with van der Waals surface area (Å²) in [5, 5.41) is 6.79. The highest BCUT2D eigenvalue weighted by Crippen LogP contribution is 2.25. The molecule has 0 saturated heterocycles. The Morgan fingerprint density at radius 2 is 1.90 bits per heavy atom. The van der Waals surface area contributed by atoms with Crippen molar-refractivity contribution in [2.75, 3.05) is 19.5 Å². The molecule has 5 nitrogen and oxygen atoms in total. The SMILES string of the molecule is COc1cc(NC(=S)NCc2ccc[nH+]c2)cc(OC)c1. The summed E-state index contributed by atoms with van der Waals surface area (Å²) in [5.41, 5.74) is 1.92. The van der Waals surface area contributed by atoms with Crippen LogP contribution in [-0.4, -0.2) is 19.3 Å².